The molecular weight excluding hydrogens is 329 g/mol. The third-order valence-electron chi connectivity index (χ3n) is 4.25. The second-order valence-corrected chi connectivity index (χ2v) is 6.20. The number of anilines is 2. The fourth-order valence-corrected chi connectivity index (χ4v) is 2.95. The Morgan fingerprint density at radius 1 is 1.12 bits per heavy atom. The summed E-state index contributed by atoms with van der Waals surface area (Å²) in [5.74, 6) is -0.246. The number of amides is 2. The minimum Gasteiger partial charge on any atom is -0.368 e. The van der Waals surface area contributed by atoms with Crippen molar-refractivity contribution in [2.75, 3.05) is 36.4 Å². The van der Waals surface area contributed by atoms with Gasteiger partial charge in [0.25, 0.3) is 0 Å². The van der Waals surface area contributed by atoms with Crippen molar-refractivity contribution in [2.45, 2.75) is 6.92 Å². The van der Waals surface area contributed by atoms with E-state index in [1.165, 1.54) is 12.1 Å². The summed E-state index contributed by atoms with van der Waals surface area (Å²) >= 11 is 6.08. The number of hydrogen-bond acceptors (Lipinski definition) is 2. The normalized spacial score (nSPS) is 14.6. The Morgan fingerprint density at radius 3 is 2.54 bits per heavy atom. The van der Waals surface area contributed by atoms with E-state index in [4.69, 9.17) is 11.6 Å². The Kier molecular flexibility index (Phi) is 4.90. The van der Waals surface area contributed by atoms with Gasteiger partial charge in [0.15, 0.2) is 0 Å². The van der Waals surface area contributed by atoms with Crippen LogP contribution >= 0.6 is 11.6 Å². The molecule has 0 aromatic heterocycles. The van der Waals surface area contributed by atoms with Crippen LogP contribution in [0.5, 0.6) is 0 Å². The van der Waals surface area contributed by atoms with Crippen LogP contribution in [0.15, 0.2) is 42.5 Å². The molecule has 2 aromatic rings. The second kappa shape index (κ2) is 7.09. The predicted octanol–water partition coefficient (Wildman–Crippen LogP) is 4.14. The third-order valence-corrected chi connectivity index (χ3v) is 4.66. The van der Waals surface area contributed by atoms with Crippen molar-refractivity contribution >= 4 is 29.0 Å². The van der Waals surface area contributed by atoms with Crippen molar-refractivity contribution in [3.63, 3.8) is 0 Å². The predicted molar refractivity (Wildman–Crippen MR) is 95.4 cm³/mol. The fraction of sp³-hybridized carbons (Fsp3) is 0.278. The van der Waals surface area contributed by atoms with Crippen molar-refractivity contribution in [1.29, 1.82) is 0 Å². The summed E-state index contributed by atoms with van der Waals surface area (Å²) in [5, 5.41) is 3.54. The first kappa shape index (κ1) is 16.6. The molecule has 4 nitrogen and oxygen atoms in total. The molecule has 3 rings (SSSR count). The zero-order chi connectivity index (χ0) is 17.1. The summed E-state index contributed by atoms with van der Waals surface area (Å²) in [4.78, 5) is 16.3. The molecule has 1 saturated heterocycles. The van der Waals surface area contributed by atoms with Gasteiger partial charge in [-0.25, -0.2) is 9.18 Å². The molecule has 0 atom stereocenters. The first-order chi connectivity index (χ1) is 11.5. The number of urea groups is 1. The molecular formula is C18H19ClFN3O. The van der Waals surface area contributed by atoms with Crippen LogP contribution in [-0.4, -0.2) is 37.1 Å². The Bertz CT molecular complexity index is 745. The van der Waals surface area contributed by atoms with Crippen LogP contribution in [0.2, 0.25) is 5.02 Å². The quantitative estimate of drug-likeness (QED) is 0.886. The van der Waals surface area contributed by atoms with Crippen LogP contribution in [0.25, 0.3) is 0 Å². The lowest BCUT2D eigenvalue weighted by Gasteiger charge is -2.36. The molecule has 0 radical (unpaired) electrons. The van der Waals surface area contributed by atoms with E-state index in [0.717, 1.165) is 16.9 Å². The Labute approximate surface area is 145 Å². The van der Waals surface area contributed by atoms with E-state index in [9.17, 15) is 9.18 Å². The second-order valence-electron chi connectivity index (χ2n) is 5.80. The zero-order valence-corrected chi connectivity index (χ0v) is 14.2. The molecule has 1 N–H and O–H groups in total. The van der Waals surface area contributed by atoms with Crippen molar-refractivity contribution in [3.05, 3.63) is 58.9 Å². The van der Waals surface area contributed by atoms with Crippen molar-refractivity contribution in [1.82, 2.24) is 4.90 Å². The van der Waals surface area contributed by atoms with E-state index in [2.05, 4.69) is 10.2 Å². The van der Waals surface area contributed by atoms with Gasteiger partial charge >= 0.3 is 6.03 Å². The van der Waals surface area contributed by atoms with Gasteiger partial charge in [0.1, 0.15) is 5.82 Å². The lowest BCUT2D eigenvalue weighted by molar-refractivity contribution is 0.208. The Hall–Kier alpha value is -2.27. The highest BCUT2D eigenvalue weighted by molar-refractivity contribution is 6.31. The van der Waals surface area contributed by atoms with Gasteiger partial charge in [-0.3, -0.25) is 0 Å². The van der Waals surface area contributed by atoms with E-state index >= 15 is 0 Å². The van der Waals surface area contributed by atoms with Gasteiger partial charge in [0.2, 0.25) is 0 Å². The SMILES string of the molecule is Cc1c(Cl)cccc1NC(=O)N1CCN(c2cccc(F)c2)CC1. The maximum atomic E-state index is 13.3. The topological polar surface area (TPSA) is 35.6 Å². The number of carbonyl (C=O) groups is 1. The van der Waals surface area contributed by atoms with Crippen molar-refractivity contribution < 1.29 is 9.18 Å². The number of hydrogen-bond donors (Lipinski definition) is 1. The van der Waals surface area contributed by atoms with Crippen molar-refractivity contribution in [3.8, 4) is 0 Å². The molecule has 1 fully saturated rings. The summed E-state index contributed by atoms with van der Waals surface area (Å²) in [6.07, 6.45) is 0. The molecule has 2 amide bonds. The van der Waals surface area contributed by atoms with Crippen LogP contribution in [0, 0.1) is 12.7 Å². The number of nitrogens with zero attached hydrogens (tertiary/aromatic N) is 2. The smallest absolute Gasteiger partial charge is 0.321 e. The third kappa shape index (κ3) is 3.62. The van der Waals surface area contributed by atoms with E-state index in [1.54, 1.807) is 17.0 Å². The molecule has 0 saturated carbocycles. The largest absolute Gasteiger partial charge is 0.368 e. The van der Waals surface area contributed by atoms with Crippen LogP contribution in [-0.2, 0) is 0 Å². The van der Waals surface area contributed by atoms with Gasteiger partial charge in [-0.2, -0.15) is 0 Å². The summed E-state index contributed by atoms with van der Waals surface area (Å²) in [5.41, 5.74) is 2.42. The molecule has 0 bridgehead atoms. The Balaban J connectivity index is 1.60. The maximum Gasteiger partial charge on any atom is 0.321 e. The van der Waals surface area contributed by atoms with Gasteiger partial charge in [-0.15, -0.1) is 0 Å². The zero-order valence-electron chi connectivity index (χ0n) is 13.4. The molecule has 1 aliphatic rings. The number of piperazine rings is 1. The molecule has 1 aliphatic heterocycles. The molecule has 0 unspecified atom stereocenters. The van der Waals surface area contributed by atoms with Crippen LogP contribution in [0.3, 0.4) is 0 Å². The summed E-state index contributed by atoms with van der Waals surface area (Å²) in [7, 11) is 0. The highest BCUT2D eigenvalue weighted by Gasteiger charge is 2.22. The van der Waals surface area contributed by atoms with Crippen LogP contribution < -0.4 is 10.2 Å². The number of carbonyl (C=O) groups excluding carboxylic acids is 1. The summed E-state index contributed by atoms with van der Waals surface area (Å²) < 4.78 is 13.3. The molecule has 0 spiro atoms. The molecule has 126 valence electrons. The maximum absolute atomic E-state index is 13.3. The van der Waals surface area contributed by atoms with Crippen LogP contribution in [0.1, 0.15) is 5.56 Å². The fourth-order valence-electron chi connectivity index (χ4n) is 2.78. The standard InChI is InChI=1S/C18H19ClFN3O/c1-13-16(19)6-3-7-17(13)21-18(24)23-10-8-22(9-11-23)15-5-2-4-14(20)12-15/h2-7,12H,8-11H2,1H3,(H,21,24). The number of nitrogens with one attached hydrogen (secondary N) is 1. The minimum atomic E-state index is -0.246. The molecule has 24 heavy (non-hydrogen) atoms. The van der Waals surface area contributed by atoms with Gasteiger partial charge in [-0.1, -0.05) is 23.7 Å². The van der Waals surface area contributed by atoms with Gasteiger partial charge in [-0.05, 0) is 42.8 Å². The van der Waals surface area contributed by atoms with Crippen LogP contribution in [0.4, 0.5) is 20.6 Å². The highest BCUT2D eigenvalue weighted by atomic mass is 35.5. The first-order valence-corrected chi connectivity index (χ1v) is 8.24. The van der Waals surface area contributed by atoms with Gasteiger partial charge in [0, 0.05) is 42.6 Å². The lowest BCUT2D eigenvalue weighted by atomic mass is 10.2. The van der Waals surface area contributed by atoms with Gasteiger partial charge < -0.3 is 15.1 Å². The van der Waals surface area contributed by atoms with E-state index < -0.39 is 0 Å². The molecule has 0 aliphatic carbocycles. The summed E-state index contributed by atoms with van der Waals surface area (Å²) in [6.45, 7) is 4.39. The first-order valence-electron chi connectivity index (χ1n) is 7.86. The average Bonchev–Trinajstić information content (AvgIpc) is 2.59. The molecule has 1 heterocycles. The monoisotopic (exact) mass is 347 g/mol. The summed E-state index contributed by atoms with van der Waals surface area (Å²) in [6, 6.07) is 11.8. The Morgan fingerprint density at radius 2 is 1.83 bits per heavy atom. The van der Waals surface area contributed by atoms with Crippen molar-refractivity contribution in [2.24, 2.45) is 0 Å². The lowest BCUT2D eigenvalue weighted by Crippen LogP contribution is -2.50. The highest BCUT2D eigenvalue weighted by Crippen LogP contribution is 2.23. The minimum absolute atomic E-state index is 0.140. The number of rotatable bonds is 2. The number of halogens is 2. The molecule has 2 aromatic carbocycles. The number of benzene rings is 2. The van der Waals surface area contributed by atoms with E-state index in [-0.39, 0.29) is 11.8 Å². The van der Waals surface area contributed by atoms with E-state index in [1.807, 2.05) is 25.1 Å². The van der Waals surface area contributed by atoms with E-state index in [0.29, 0.717) is 31.2 Å². The molecule has 6 heteroatoms. The van der Waals surface area contributed by atoms with Gasteiger partial charge in [0.05, 0.1) is 0 Å². The average molecular weight is 348 g/mol.